The molecule has 0 spiro atoms. The van der Waals surface area contributed by atoms with Gasteiger partial charge >= 0.3 is 0 Å². The fourth-order valence-corrected chi connectivity index (χ4v) is 1.96. The zero-order valence-electron chi connectivity index (χ0n) is 7.76. The molecule has 1 aromatic carbocycles. The third kappa shape index (κ3) is 1.51. The normalized spacial score (nSPS) is 13.5. The third-order valence-corrected chi connectivity index (χ3v) is 2.79. The summed E-state index contributed by atoms with van der Waals surface area (Å²) in [5.74, 6) is 0. The minimum atomic E-state index is 0.406. The number of hydrogen-bond acceptors (Lipinski definition) is 0. The number of aromatic amines is 1. The number of benzene rings is 1. The van der Waals surface area contributed by atoms with Crippen molar-refractivity contribution in [2.75, 3.05) is 0 Å². The van der Waals surface area contributed by atoms with Crippen molar-refractivity contribution in [3.8, 4) is 0 Å². The van der Waals surface area contributed by atoms with E-state index >= 15 is 0 Å². The molecule has 2 aromatic rings. The molecule has 0 aliphatic heterocycles. The van der Waals surface area contributed by atoms with Crippen molar-refractivity contribution in [2.45, 2.75) is 18.7 Å². The molecule has 0 fully saturated rings. The Kier molecular flexibility index (Phi) is 2.16. The van der Waals surface area contributed by atoms with Crippen LogP contribution in [0.1, 0.15) is 22.9 Å². The number of halogens is 1. The van der Waals surface area contributed by atoms with Gasteiger partial charge in [0, 0.05) is 21.9 Å². The zero-order valence-corrected chi connectivity index (χ0v) is 9.35. The van der Waals surface area contributed by atoms with E-state index in [1.54, 1.807) is 0 Å². The lowest BCUT2D eigenvalue weighted by Crippen LogP contribution is -1.80. The number of aryl methyl sites for hydroxylation is 1. The van der Waals surface area contributed by atoms with Crippen molar-refractivity contribution < 1.29 is 0 Å². The molecule has 2 rings (SSSR count). The van der Waals surface area contributed by atoms with E-state index in [1.165, 1.54) is 22.0 Å². The lowest BCUT2D eigenvalue weighted by atomic mass is 10.1. The van der Waals surface area contributed by atoms with Crippen LogP contribution in [0.25, 0.3) is 10.9 Å². The van der Waals surface area contributed by atoms with Gasteiger partial charge in [0.25, 0.3) is 0 Å². The van der Waals surface area contributed by atoms with Crippen LogP contribution < -0.4 is 0 Å². The van der Waals surface area contributed by atoms with Crippen molar-refractivity contribution >= 4 is 26.8 Å². The summed E-state index contributed by atoms with van der Waals surface area (Å²) in [6, 6.07) is 6.48. The molecule has 1 N–H and O–H groups in total. The molecule has 0 radical (unpaired) electrons. The first kappa shape index (κ1) is 8.82. The van der Waals surface area contributed by atoms with Gasteiger partial charge in [0.05, 0.1) is 0 Å². The summed E-state index contributed by atoms with van der Waals surface area (Å²) in [5, 5.41) is 1.32. The van der Waals surface area contributed by atoms with Gasteiger partial charge in [-0.2, -0.15) is 0 Å². The average molecular weight is 238 g/mol. The molecule has 1 nitrogen and oxygen atoms in total. The maximum atomic E-state index is 3.59. The Morgan fingerprint density at radius 1 is 1.38 bits per heavy atom. The molecule has 0 saturated heterocycles. The molecule has 0 saturated carbocycles. The summed E-state index contributed by atoms with van der Waals surface area (Å²) in [6.45, 7) is 4.26. The Morgan fingerprint density at radius 3 is 2.85 bits per heavy atom. The minimum absolute atomic E-state index is 0.406. The number of rotatable bonds is 1. The van der Waals surface area contributed by atoms with E-state index in [9.17, 15) is 0 Å². The Morgan fingerprint density at radius 2 is 2.15 bits per heavy atom. The van der Waals surface area contributed by atoms with Crippen molar-refractivity contribution in [3.63, 3.8) is 0 Å². The third-order valence-electron chi connectivity index (χ3n) is 2.30. The van der Waals surface area contributed by atoms with Gasteiger partial charge in [0.2, 0.25) is 0 Å². The number of alkyl halides is 1. The van der Waals surface area contributed by atoms with Crippen molar-refractivity contribution in [1.82, 2.24) is 4.98 Å². The van der Waals surface area contributed by atoms with E-state index in [1.807, 2.05) is 0 Å². The van der Waals surface area contributed by atoms with Gasteiger partial charge in [-0.1, -0.05) is 27.6 Å². The van der Waals surface area contributed by atoms with Crippen LogP contribution in [0.2, 0.25) is 0 Å². The number of aromatic nitrogens is 1. The van der Waals surface area contributed by atoms with E-state index in [0.29, 0.717) is 4.83 Å². The van der Waals surface area contributed by atoms with Crippen LogP contribution in [0.4, 0.5) is 0 Å². The van der Waals surface area contributed by atoms with Gasteiger partial charge in [-0.3, -0.25) is 0 Å². The molecule has 1 unspecified atom stereocenters. The summed E-state index contributed by atoms with van der Waals surface area (Å²) < 4.78 is 0. The van der Waals surface area contributed by atoms with Crippen molar-refractivity contribution in [1.29, 1.82) is 0 Å². The Labute approximate surface area is 86.3 Å². The summed E-state index contributed by atoms with van der Waals surface area (Å²) in [7, 11) is 0. The first-order chi connectivity index (χ1) is 6.18. The SMILES string of the molecule is Cc1ccc2[nH]cc(C(C)Br)c2c1. The fraction of sp³-hybridized carbons (Fsp3) is 0.273. The van der Waals surface area contributed by atoms with E-state index in [2.05, 4.69) is 59.2 Å². The second kappa shape index (κ2) is 3.18. The van der Waals surface area contributed by atoms with Crippen molar-refractivity contribution in [3.05, 3.63) is 35.5 Å². The molecule has 1 atom stereocenters. The lowest BCUT2D eigenvalue weighted by molar-refractivity contribution is 1.14. The highest BCUT2D eigenvalue weighted by Gasteiger charge is 2.07. The Bertz CT molecular complexity index is 429. The lowest BCUT2D eigenvalue weighted by Gasteiger charge is -2.00. The molecule has 1 aromatic heterocycles. The molecule has 0 bridgehead atoms. The van der Waals surface area contributed by atoms with Crippen LogP contribution in [0, 0.1) is 6.92 Å². The van der Waals surface area contributed by atoms with Crippen LogP contribution in [0.3, 0.4) is 0 Å². The minimum Gasteiger partial charge on any atom is -0.361 e. The zero-order chi connectivity index (χ0) is 9.42. The number of hydrogen-bond donors (Lipinski definition) is 1. The highest BCUT2D eigenvalue weighted by molar-refractivity contribution is 9.09. The molecular weight excluding hydrogens is 226 g/mol. The maximum Gasteiger partial charge on any atom is 0.0457 e. The summed E-state index contributed by atoms with van der Waals surface area (Å²) >= 11 is 3.59. The predicted octanol–water partition coefficient (Wildman–Crippen LogP) is 3.93. The molecule has 13 heavy (non-hydrogen) atoms. The number of H-pyrrole nitrogens is 1. The standard InChI is InChI=1S/C11H12BrN/c1-7-3-4-11-9(5-7)10(6-13-11)8(2)12/h3-6,8,13H,1-2H3. The summed E-state index contributed by atoms with van der Waals surface area (Å²) in [6.07, 6.45) is 2.07. The molecule has 68 valence electrons. The molecule has 1 heterocycles. The van der Waals surface area contributed by atoms with Gasteiger partial charge in [-0.25, -0.2) is 0 Å². The first-order valence-corrected chi connectivity index (χ1v) is 5.32. The van der Waals surface area contributed by atoms with Crippen molar-refractivity contribution in [2.24, 2.45) is 0 Å². The largest absolute Gasteiger partial charge is 0.361 e. The van der Waals surface area contributed by atoms with E-state index in [-0.39, 0.29) is 0 Å². The first-order valence-electron chi connectivity index (χ1n) is 4.40. The second-order valence-electron chi connectivity index (χ2n) is 3.41. The van der Waals surface area contributed by atoms with Gasteiger partial charge in [-0.15, -0.1) is 0 Å². The molecule has 0 aliphatic carbocycles. The van der Waals surface area contributed by atoms with Crippen LogP contribution in [0.15, 0.2) is 24.4 Å². The monoisotopic (exact) mass is 237 g/mol. The van der Waals surface area contributed by atoms with Gasteiger partial charge < -0.3 is 4.98 Å². The average Bonchev–Trinajstić information content (AvgIpc) is 2.46. The van der Waals surface area contributed by atoms with E-state index in [4.69, 9.17) is 0 Å². The molecular formula is C11H12BrN. The van der Waals surface area contributed by atoms with Gasteiger partial charge in [-0.05, 0) is 31.5 Å². The predicted molar refractivity (Wildman–Crippen MR) is 60.4 cm³/mol. The number of nitrogens with one attached hydrogen (secondary N) is 1. The van der Waals surface area contributed by atoms with Crippen LogP contribution in [0.5, 0.6) is 0 Å². The topological polar surface area (TPSA) is 15.8 Å². The van der Waals surface area contributed by atoms with E-state index < -0.39 is 0 Å². The Hall–Kier alpha value is -0.760. The van der Waals surface area contributed by atoms with Crippen LogP contribution in [-0.4, -0.2) is 4.98 Å². The van der Waals surface area contributed by atoms with Gasteiger partial charge in [0.15, 0.2) is 0 Å². The second-order valence-corrected chi connectivity index (χ2v) is 4.78. The molecule has 2 heteroatoms. The quantitative estimate of drug-likeness (QED) is 0.724. The highest BCUT2D eigenvalue weighted by atomic mass is 79.9. The maximum absolute atomic E-state index is 3.59. The number of fused-ring (bicyclic) bond motifs is 1. The van der Waals surface area contributed by atoms with Gasteiger partial charge in [0.1, 0.15) is 0 Å². The Balaban J connectivity index is 2.71. The smallest absolute Gasteiger partial charge is 0.0457 e. The van der Waals surface area contributed by atoms with E-state index in [0.717, 1.165) is 0 Å². The van der Waals surface area contributed by atoms with Crippen LogP contribution >= 0.6 is 15.9 Å². The molecule has 0 amide bonds. The summed E-state index contributed by atoms with van der Waals surface area (Å²) in [4.78, 5) is 3.67. The fourth-order valence-electron chi connectivity index (χ4n) is 1.59. The highest BCUT2D eigenvalue weighted by Crippen LogP contribution is 2.29. The summed E-state index contributed by atoms with van der Waals surface area (Å²) in [5.41, 5.74) is 3.85. The van der Waals surface area contributed by atoms with Crippen LogP contribution in [-0.2, 0) is 0 Å². The molecule has 0 aliphatic rings.